The van der Waals surface area contributed by atoms with Gasteiger partial charge in [0, 0.05) is 0 Å². The third kappa shape index (κ3) is 4.42. The molecule has 1 aromatic rings. The minimum Gasteiger partial charge on any atom is -0.493 e. The van der Waals surface area contributed by atoms with Crippen LogP contribution < -0.4 is 14.2 Å². The van der Waals surface area contributed by atoms with E-state index >= 15 is 0 Å². The van der Waals surface area contributed by atoms with Gasteiger partial charge in [-0.3, -0.25) is 0 Å². The van der Waals surface area contributed by atoms with E-state index in [1.807, 2.05) is 18.2 Å². The first-order valence-corrected chi connectivity index (χ1v) is 5.45. The Balaban J connectivity index is 0.000000583. The molecule has 0 radical (unpaired) electrons. The number of halogens is 1. The lowest BCUT2D eigenvalue weighted by Crippen LogP contribution is -1.93. The van der Waals surface area contributed by atoms with Crippen molar-refractivity contribution >= 4 is 22.6 Å². The van der Waals surface area contributed by atoms with Crippen molar-refractivity contribution in [1.82, 2.24) is 0 Å². The van der Waals surface area contributed by atoms with Gasteiger partial charge < -0.3 is 14.2 Å². The van der Waals surface area contributed by atoms with Gasteiger partial charge in [-0.2, -0.15) is 0 Å². The van der Waals surface area contributed by atoms with Crippen LogP contribution in [0.4, 0.5) is 0 Å². The molecule has 0 heterocycles. The number of methoxy groups -OCH3 is 3. The van der Waals surface area contributed by atoms with Gasteiger partial charge in [-0.15, -0.1) is 0 Å². The maximum Gasteiger partial charge on any atom is 0.203 e. The van der Waals surface area contributed by atoms with Crippen LogP contribution >= 0.6 is 22.6 Å². The smallest absolute Gasteiger partial charge is 0.203 e. The fourth-order valence-corrected chi connectivity index (χ4v) is 1.02. The number of hydrogen-bond acceptors (Lipinski definition) is 3. The molecule has 0 atom stereocenters. The molecule has 0 saturated carbocycles. The maximum atomic E-state index is 5.11. The molecule has 0 aromatic heterocycles. The van der Waals surface area contributed by atoms with Gasteiger partial charge in [0.25, 0.3) is 0 Å². The summed E-state index contributed by atoms with van der Waals surface area (Å²) in [6.45, 7) is 3.35. The number of benzene rings is 1. The zero-order valence-corrected chi connectivity index (χ0v) is 11.3. The fourth-order valence-electron chi connectivity index (χ4n) is 1.02. The van der Waals surface area contributed by atoms with Crippen LogP contribution in [0.15, 0.2) is 28.9 Å². The Labute approximate surface area is 104 Å². The van der Waals surface area contributed by atoms with Gasteiger partial charge in [0.2, 0.25) is 5.75 Å². The summed E-state index contributed by atoms with van der Waals surface area (Å²) in [4.78, 5) is 0. The lowest BCUT2D eigenvalue weighted by atomic mass is 10.3. The monoisotopic (exact) mass is 322 g/mol. The first kappa shape index (κ1) is 14.1. The molecule has 0 bridgehead atoms. The van der Waals surface area contributed by atoms with Gasteiger partial charge in [0.1, 0.15) is 0 Å². The molecule has 0 fully saturated rings. The first-order valence-electron chi connectivity index (χ1n) is 4.21. The molecule has 1 aromatic carbocycles. The molecule has 0 spiro atoms. The summed E-state index contributed by atoms with van der Waals surface area (Å²) in [5.74, 6) is 1.98. The lowest BCUT2D eigenvalue weighted by Gasteiger charge is -2.10. The zero-order chi connectivity index (χ0) is 11.7. The van der Waals surface area contributed by atoms with Crippen molar-refractivity contribution in [2.45, 2.75) is 0 Å². The molecule has 0 aliphatic heterocycles. The highest BCUT2D eigenvalue weighted by Crippen LogP contribution is 2.35. The van der Waals surface area contributed by atoms with Crippen LogP contribution in [-0.4, -0.2) is 21.3 Å². The van der Waals surface area contributed by atoms with E-state index in [1.165, 1.54) is 0 Å². The number of rotatable bonds is 3. The fraction of sp³-hybridized carbons (Fsp3) is 0.273. The lowest BCUT2D eigenvalue weighted by molar-refractivity contribution is 0.324. The molecule has 0 amide bonds. The van der Waals surface area contributed by atoms with E-state index in [-0.39, 0.29) is 0 Å². The van der Waals surface area contributed by atoms with Crippen molar-refractivity contribution in [2.24, 2.45) is 0 Å². The van der Waals surface area contributed by atoms with Crippen molar-refractivity contribution in [1.29, 1.82) is 0 Å². The average molecular weight is 322 g/mol. The Morgan fingerprint density at radius 1 is 1.07 bits per heavy atom. The van der Waals surface area contributed by atoms with Crippen LogP contribution in [0, 0.1) is 0 Å². The molecule has 4 heteroatoms. The molecule has 15 heavy (non-hydrogen) atoms. The Hall–Kier alpha value is -0.910. The van der Waals surface area contributed by atoms with Crippen molar-refractivity contribution < 1.29 is 14.2 Å². The van der Waals surface area contributed by atoms with Crippen molar-refractivity contribution in [3.05, 3.63) is 28.9 Å². The third-order valence-corrected chi connectivity index (χ3v) is 1.59. The number of hydrogen-bond donors (Lipinski definition) is 0. The minimum absolute atomic E-state index is 0.627. The van der Waals surface area contributed by atoms with E-state index < -0.39 is 0 Å². The molecule has 1 rings (SSSR count). The SMILES string of the molecule is C=CI.COc1cccc(OC)c1OC. The van der Waals surface area contributed by atoms with Crippen molar-refractivity contribution in [3.63, 3.8) is 0 Å². The highest BCUT2D eigenvalue weighted by Gasteiger charge is 2.08. The van der Waals surface area contributed by atoms with E-state index in [1.54, 1.807) is 25.4 Å². The van der Waals surface area contributed by atoms with Gasteiger partial charge in [-0.1, -0.05) is 35.2 Å². The Kier molecular flexibility index (Phi) is 7.89. The summed E-state index contributed by atoms with van der Waals surface area (Å²) in [6.07, 6.45) is 0. The predicted octanol–water partition coefficient (Wildman–Crippen LogP) is 3.28. The van der Waals surface area contributed by atoms with Crippen LogP contribution in [-0.2, 0) is 0 Å². The summed E-state index contributed by atoms with van der Waals surface area (Å²) in [5, 5.41) is 0. The Morgan fingerprint density at radius 3 is 1.73 bits per heavy atom. The summed E-state index contributed by atoms with van der Waals surface area (Å²) in [5.41, 5.74) is 0. The number of ether oxygens (including phenoxy) is 3. The van der Waals surface area contributed by atoms with E-state index in [0.717, 1.165) is 0 Å². The molecule has 0 aliphatic rings. The molecule has 84 valence electrons. The second kappa shape index (κ2) is 8.40. The van der Waals surface area contributed by atoms with Crippen molar-refractivity contribution in [2.75, 3.05) is 21.3 Å². The molecule has 0 saturated heterocycles. The first-order chi connectivity index (χ1) is 7.24. The summed E-state index contributed by atoms with van der Waals surface area (Å²) >= 11 is 2.05. The zero-order valence-electron chi connectivity index (χ0n) is 9.12. The summed E-state index contributed by atoms with van der Waals surface area (Å²) < 4.78 is 17.0. The van der Waals surface area contributed by atoms with Crippen LogP contribution in [0.2, 0.25) is 0 Å². The average Bonchev–Trinajstić information content (AvgIpc) is 2.28. The van der Waals surface area contributed by atoms with Gasteiger partial charge in [0.05, 0.1) is 21.3 Å². The molecular formula is C11H15IO3. The summed E-state index contributed by atoms with van der Waals surface area (Å²) in [7, 11) is 4.77. The Morgan fingerprint density at radius 2 is 1.47 bits per heavy atom. The minimum atomic E-state index is 0.627. The van der Waals surface area contributed by atoms with Gasteiger partial charge >= 0.3 is 0 Å². The van der Waals surface area contributed by atoms with Gasteiger partial charge in [-0.25, -0.2) is 0 Å². The second-order valence-corrected chi connectivity index (χ2v) is 3.23. The van der Waals surface area contributed by atoms with Gasteiger partial charge in [0.15, 0.2) is 11.5 Å². The molecule has 0 unspecified atom stereocenters. The molecular weight excluding hydrogens is 307 g/mol. The highest BCUT2D eigenvalue weighted by atomic mass is 127. The normalized spacial score (nSPS) is 8.27. The van der Waals surface area contributed by atoms with E-state index in [4.69, 9.17) is 14.2 Å². The standard InChI is InChI=1S/C9H12O3.C2H3I/c1-10-7-5-4-6-8(11-2)9(7)12-3;1-2-3/h4-6H,1-3H3;2H,1H2. The molecule has 0 N–H and O–H groups in total. The van der Waals surface area contributed by atoms with Crippen LogP contribution in [0.5, 0.6) is 17.2 Å². The highest BCUT2D eigenvalue weighted by molar-refractivity contribution is 14.1. The van der Waals surface area contributed by atoms with Crippen LogP contribution in [0.1, 0.15) is 0 Å². The summed E-state index contributed by atoms with van der Waals surface area (Å²) in [6, 6.07) is 5.49. The topological polar surface area (TPSA) is 27.7 Å². The molecule has 3 nitrogen and oxygen atoms in total. The largest absolute Gasteiger partial charge is 0.493 e. The van der Waals surface area contributed by atoms with Crippen LogP contribution in [0.3, 0.4) is 0 Å². The van der Waals surface area contributed by atoms with Gasteiger partial charge in [-0.05, 0) is 16.2 Å². The van der Waals surface area contributed by atoms with Crippen LogP contribution in [0.25, 0.3) is 0 Å². The van der Waals surface area contributed by atoms with Crippen molar-refractivity contribution in [3.8, 4) is 17.2 Å². The maximum absolute atomic E-state index is 5.11. The molecule has 0 aliphatic carbocycles. The predicted molar refractivity (Wildman–Crippen MR) is 70.3 cm³/mol. The second-order valence-electron chi connectivity index (χ2n) is 2.35. The quantitative estimate of drug-likeness (QED) is 0.800. The van der Waals surface area contributed by atoms with E-state index in [0.29, 0.717) is 17.2 Å². The van der Waals surface area contributed by atoms with E-state index in [2.05, 4.69) is 29.2 Å². The van der Waals surface area contributed by atoms with E-state index in [9.17, 15) is 0 Å². The number of para-hydroxylation sites is 1. The third-order valence-electron chi connectivity index (χ3n) is 1.59. The Bertz CT molecular complexity index is 278.